The van der Waals surface area contributed by atoms with Crippen LogP contribution in [0.3, 0.4) is 0 Å². The number of hydrogen-bond acceptors (Lipinski definition) is 3. The van der Waals surface area contributed by atoms with Gasteiger partial charge in [-0.3, -0.25) is 10.1 Å². The molecule has 0 aliphatic carbocycles. The number of hydrogen-bond donors (Lipinski definition) is 1. The van der Waals surface area contributed by atoms with Crippen molar-refractivity contribution in [2.75, 3.05) is 6.54 Å². The molecular formula is C2H3ClFNO3. The quantitative estimate of drug-likeness (QED) is 0.339. The van der Waals surface area contributed by atoms with Gasteiger partial charge in [-0.25, -0.2) is 0 Å². The molecule has 1 N–H and O–H groups in total. The van der Waals surface area contributed by atoms with Crippen molar-refractivity contribution in [3.63, 3.8) is 0 Å². The zero-order valence-corrected chi connectivity index (χ0v) is 4.43. The van der Waals surface area contributed by atoms with Gasteiger partial charge in [0, 0.05) is 4.92 Å². The van der Waals surface area contributed by atoms with Gasteiger partial charge in [-0.1, -0.05) is 0 Å². The maximum absolute atomic E-state index is 11.5. The molecule has 0 saturated heterocycles. The highest BCUT2D eigenvalue weighted by atomic mass is 35.5. The zero-order valence-electron chi connectivity index (χ0n) is 3.67. The van der Waals surface area contributed by atoms with Gasteiger partial charge in [0.1, 0.15) is 0 Å². The number of rotatable bonds is 2. The van der Waals surface area contributed by atoms with Gasteiger partial charge >= 0.3 is 5.31 Å². The number of nitro groups is 1. The molecule has 0 fully saturated rings. The van der Waals surface area contributed by atoms with Crippen LogP contribution >= 0.6 is 11.6 Å². The van der Waals surface area contributed by atoms with E-state index in [1.165, 1.54) is 0 Å². The summed E-state index contributed by atoms with van der Waals surface area (Å²) in [6, 6.07) is 0. The summed E-state index contributed by atoms with van der Waals surface area (Å²) in [5, 5.41) is 14.0. The Hall–Kier alpha value is -0.420. The van der Waals surface area contributed by atoms with Gasteiger partial charge in [0.25, 0.3) is 6.54 Å². The van der Waals surface area contributed by atoms with Gasteiger partial charge in [-0.2, -0.15) is 4.39 Å². The lowest BCUT2D eigenvalue weighted by Gasteiger charge is -2.01. The molecule has 0 rings (SSSR count). The summed E-state index contributed by atoms with van der Waals surface area (Å²) < 4.78 is 11.5. The van der Waals surface area contributed by atoms with E-state index in [4.69, 9.17) is 5.11 Å². The second-order valence-electron chi connectivity index (χ2n) is 1.16. The van der Waals surface area contributed by atoms with Crippen molar-refractivity contribution in [1.29, 1.82) is 0 Å². The van der Waals surface area contributed by atoms with E-state index in [0.29, 0.717) is 0 Å². The predicted octanol–water partition coefficient (Wildman–Crippen LogP) is 0.117. The van der Waals surface area contributed by atoms with Gasteiger partial charge in [-0.15, -0.1) is 0 Å². The highest BCUT2D eigenvalue weighted by molar-refractivity contribution is 6.21. The number of nitrogens with zero attached hydrogens (tertiary/aromatic N) is 1. The van der Waals surface area contributed by atoms with E-state index in [2.05, 4.69) is 11.6 Å². The standard InChI is InChI=1S/C2H3ClFNO3/c3-2(4,6)1-5(7)8/h6H,1H2. The Morgan fingerprint density at radius 1 is 2.00 bits per heavy atom. The van der Waals surface area contributed by atoms with Crippen LogP contribution in [0.2, 0.25) is 0 Å². The third-order valence-electron chi connectivity index (χ3n) is 0.319. The maximum atomic E-state index is 11.5. The summed E-state index contributed by atoms with van der Waals surface area (Å²) in [4.78, 5) is 8.29. The second kappa shape index (κ2) is 2.23. The van der Waals surface area contributed by atoms with Crippen molar-refractivity contribution in [1.82, 2.24) is 0 Å². The molecule has 0 aliphatic rings. The Bertz CT molecular complexity index is 99.9. The summed E-state index contributed by atoms with van der Waals surface area (Å²) >= 11 is 4.38. The van der Waals surface area contributed by atoms with E-state index in [1.807, 2.05) is 0 Å². The normalized spacial score (nSPS) is 17.4. The first-order chi connectivity index (χ1) is 3.42. The van der Waals surface area contributed by atoms with Crippen LogP contribution in [0.15, 0.2) is 0 Å². The first-order valence-electron chi connectivity index (χ1n) is 1.64. The van der Waals surface area contributed by atoms with Crippen molar-refractivity contribution in [3.05, 3.63) is 10.1 Å². The minimum atomic E-state index is -3.20. The number of alkyl halides is 2. The average Bonchev–Trinajstić information content (AvgIpc) is 1.21. The van der Waals surface area contributed by atoms with Crippen LogP contribution in [0.4, 0.5) is 4.39 Å². The largest absolute Gasteiger partial charge is 0.349 e. The molecule has 0 aromatic rings. The summed E-state index contributed by atoms with van der Waals surface area (Å²) in [7, 11) is 0. The van der Waals surface area contributed by atoms with Crippen LogP contribution in [-0.2, 0) is 0 Å². The molecule has 48 valence electrons. The number of aliphatic hydroxyl groups is 1. The van der Waals surface area contributed by atoms with Crippen molar-refractivity contribution in [3.8, 4) is 0 Å². The van der Waals surface area contributed by atoms with E-state index in [1.54, 1.807) is 0 Å². The molecule has 1 atom stereocenters. The lowest BCUT2D eigenvalue weighted by Crippen LogP contribution is -2.24. The Balaban J connectivity index is 3.55. The van der Waals surface area contributed by atoms with E-state index >= 15 is 0 Å². The van der Waals surface area contributed by atoms with Crippen LogP contribution in [0.1, 0.15) is 0 Å². The fraction of sp³-hybridized carbons (Fsp3) is 1.00. The minimum Gasteiger partial charge on any atom is -0.345 e. The highest BCUT2D eigenvalue weighted by Gasteiger charge is 2.28. The number of halogens is 2. The SMILES string of the molecule is O=[N+]([O-])CC(O)(F)Cl. The van der Waals surface area contributed by atoms with Crippen LogP contribution < -0.4 is 0 Å². The van der Waals surface area contributed by atoms with Crippen molar-refractivity contribution in [2.45, 2.75) is 5.31 Å². The van der Waals surface area contributed by atoms with Crippen molar-refractivity contribution in [2.24, 2.45) is 0 Å². The molecule has 0 amide bonds. The zero-order chi connectivity index (χ0) is 6.78. The van der Waals surface area contributed by atoms with Gasteiger partial charge in [0.2, 0.25) is 0 Å². The van der Waals surface area contributed by atoms with Crippen molar-refractivity contribution >= 4 is 11.6 Å². The highest BCUT2D eigenvalue weighted by Crippen LogP contribution is 2.10. The fourth-order valence-electron chi connectivity index (χ4n) is 0.155. The Labute approximate surface area is 49.0 Å². The van der Waals surface area contributed by atoms with Crippen LogP contribution in [0, 0.1) is 10.1 Å². The van der Waals surface area contributed by atoms with Gasteiger partial charge in [0.15, 0.2) is 0 Å². The molecule has 0 radical (unpaired) electrons. The molecule has 8 heavy (non-hydrogen) atoms. The van der Waals surface area contributed by atoms with E-state index in [9.17, 15) is 14.5 Å². The molecule has 1 unspecified atom stereocenters. The topological polar surface area (TPSA) is 63.4 Å². The smallest absolute Gasteiger partial charge is 0.345 e. The minimum absolute atomic E-state index is 1.05. The fourth-order valence-corrected chi connectivity index (χ4v) is 0.253. The van der Waals surface area contributed by atoms with E-state index in [0.717, 1.165) is 0 Å². The molecule has 0 spiro atoms. The van der Waals surface area contributed by atoms with Gasteiger partial charge < -0.3 is 5.11 Å². The average molecular weight is 144 g/mol. The summed E-state index contributed by atoms with van der Waals surface area (Å²) in [5.41, 5.74) is 0. The van der Waals surface area contributed by atoms with Crippen molar-refractivity contribution < 1.29 is 14.4 Å². The Morgan fingerprint density at radius 3 is 2.38 bits per heavy atom. The van der Waals surface area contributed by atoms with E-state index < -0.39 is 16.8 Å². The van der Waals surface area contributed by atoms with Gasteiger partial charge in [-0.05, 0) is 11.6 Å². The van der Waals surface area contributed by atoms with Gasteiger partial charge in [0.05, 0.1) is 0 Å². The third kappa shape index (κ3) is 5.58. The van der Waals surface area contributed by atoms with Crippen LogP contribution in [0.5, 0.6) is 0 Å². The Kier molecular flexibility index (Phi) is 2.12. The van der Waals surface area contributed by atoms with E-state index in [-0.39, 0.29) is 0 Å². The molecule has 0 bridgehead atoms. The molecule has 6 heteroatoms. The summed E-state index contributed by atoms with van der Waals surface area (Å²) in [6.45, 7) is -1.30. The lowest BCUT2D eigenvalue weighted by atomic mass is 10.7. The van der Waals surface area contributed by atoms with Crippen LogP contribution in [0.25, 0.3) is 0 Å². The lowest BCUT2D eigenvalue weighted by molar-refractivity contribution is -0.502. The molecule has 0 aromatic carbocycles. The molecule has 0 aliphatic heterocycles. The summed E-state index contributed by atoms with van der Waals surface area (Å²) in [6.07, 6.45) is 0. The third-order valence-corrected chi connectivity index (χ3v) is 0.439. The second-order valence-corrected chi connectivity index (χ2v) is 1.74. The summed E-state index contributed by atoms with van der Waals surface area (Å²) in [5.74, 6) is 0. The monoisotopic (exact) mass is 143 g/mol. The Morgan fingerprint density at radius 2 is 2.38 bits per heavy atom. The molecule has 4 nitrogen and oxygen atoms in total. The maximum Gasteiger partial charge on any atom is 0.349 e. The first-order valence-corrected chi connectivity index (χ1v) is 2.01. The molecular weight excluding hydrogens is 140 g/mol. The first kappa shape index (κ1) is 7.58. The molecule has 0 saturated carbocycles. The van der Waals surface area contributed by atoms with Crippen LogP contribution in [-0.4, -0.2) is 21.9 Å². The molecule has 0 heterocycles. The predicted molar refractivity (Wildman–Crippen MR) is 23.8 cm³/mol. The molecule has 0 aromatic heterocycles.